The number of nitrogens with zero attached hydrogens (tertiary/aromatic N) is 1. The number of amidine groups is 1. The van der Waals surface area contributed by atoms with Crippen molar-refractivity contribution in [2.75, 3.05) is 0 Å². The Kier molecular flexibility index (Phi) is 2.86. The second-order valence-electron chi connectivity index (χ2n) is 2.81. The Bertz CT molecular complexity index is 270. The molecule has 0 aromatic rings. The van der Waals surface area contributed by atoms with Gasteiger partial charge in [-0.25, -0.2) is 4.99 Å². The van der Waals surface area contributed by atoms with Crippen molar-refractivity contribution in [2.24, 2.45) is 4.99 Å². The van der Waals surface area contributed by atoms with Crippen LogP contribution in [-0.2, 0) is 0 Å². The molecule has 1 heterocycles. The van der Waals surface area contributed by atoms with E-state index in [1.807, 2.05) is 18.5 Å². The quantitative estimate of drug-likeness (QED) is 0.662. The molecular weight excluding hydrogens is 148 g/mol. The van der Waals surface area contributed by atoms with Crippen molar-refractivity contribution in [3.05, 3.63) is 36.2 Å². The van der Waals surface area contributed by atoms with Crippen LogP contribution in [0.1, 0.15) is 20.3 Å². The molecule has 0 saturated heterocycles. The molecule has 0 radical (unpaired) electrons. The van der Waals surface area contributed by atoms with Crippen LogP contribution in [0.4, 0.5) is 0 Å². The normalized spacial score (nSPS) is 20.3. The Hall–Kier alpha value is -1.31. The number of hydrogen-bond donors (Lipinski definition) is 1. The molecule has 0 aromatic heterocycles. The van der Waals surface area contributed by atoms with E-state index < -0.39 is 0 Å². The molecule has 1 N–H and O–H groups in total. The number of rotatable bonds is 2. The van der Waals surface area contributed by atoms with Gasteiger partial charge in [0.05, 0.1) is 0 Å². The fourth-order valence-corrected chi connectivity index (χ4v) is 0.779. The molecule has 1 aliphatic heterocycles. The SMILES string of the molecule is C=C1C=CNC1=N/C=C(\C)CC. The van der Waals surface area contributed by atoms with Gasteiger partial charge in [0.25, 0.3) is 0 Å². The monoisotopic (exact) mass is 162 g/mol. The molecule has 0 aromatic carbocycles. The zero-order valence-electron chi connectivity index (χ0n) is 7.59. The molecule has 2 heteroatoms. The molecule has 12 heavy (non-hydrogen) atoms. The Morgan fingerprint density at radius 1 is 1.75 bits per heavy atom. The molecule has 64 valence electrons. The molecule has 0 aliphatic carbocycles. The third kappa shape index (κ3) is 2.09. The standard InChI is InChI=1S/C10H14N2/c1-4-8(2)7-12-10-9(3)5-6-11-10/h5-7H,3-4H2,1-2H3,(H,11,12)/b8-7+. The minimum absolute atomic E-state index is 0.850. The van der Waals surface area contributed by atoms with E-state index in [-0.39, 0.29) is 0 Å². The first-order valence-corrected chi connectivity index (χ1v) is 4.10. The Morgan fingerprint density at radius 2 is 2.50 bits per heavy atom. The number of hydrogen-bond acceptors (Lipinski definition) is 1. The predicted molar refractivity (Wildman–Crippen MR) is 52.9 cm³/mol. The van der Waals surface area contributed by atoms with E-state index in [9.17, 15) is 0 Å². The molecule has 0 atom stereocenters. The highest BCUT2D eigenvalue weighted by atomic mass is 15.0. The van der Waals surface area contributed by atoms with Crippen molar-refractivity contribution < 1.29 is 0 Å². The highest BCUT2D eigenvalue weighted by molar-refractivity contribution is 6.03. The highest BCUT2D eigenvalue weighted by Gasteiger charge is 2.03. The van der Waals surface area contributed by atoms with Gasteiger partial charge in [0, 0.05) is 18.0 Å². The summed E-state index contributed by atoms with van der Waals surface area (Å²) in [5, 5.41) is 3.01. The van der Waals surface area contributed by atoms with E-state index in [1.165, 1.54) is 5.57 Å². The van der Waals surface area contributed by atoms with Crippen LogP contribution in [0.25, 0.3) is 0 Å². The molecule has 0 spiro atoms. The fourth-order valence-electron chi connectivity index (χ4n) is 0.779. The minimum Gasteiger partial charge on any atom is -0.346 e. The molecule has 0 saturated carbocycles. The summed E-state index contributed by atoms with van der Waals surface area (Å²) in [6.07, 6.45) is 6.67. The summed E-state index contributed by atoms with van der Waals surface area (Å²) >= 11 is 0. The molecule has 1 rings (SSSR count). The van der Waals surface area contributed by atoms with Crippen LogP contribution in [0.15, 0.2) is 41.2 Å². The van der Waals surface area contributed by atoms with E-state index in [2.05, 4.69) is 30.7 Å². The van der Waals surface area contributed by atoms with Gasteiger partial charge in [-0.05, 0) is 19.4 Å². The first kappa shape index (κ1) is 8.78. The van der Waals surface area contributed by atoms with Crippen molar-refractivity contribution in [2.45, 2.75) is 20.3 Å². The zero-order valence-corrected chi connectivity index (χ0v) is 7.59. The topological polar surface area (TPSA) is 24.4 Å². The molecule has 0 amide bonds. The van der Waals surface area contributed by atoms with Gasteiger partial charge in [0.2, 0.25) is 0 Å². The van der Waals surface area contributed by atoms with E-state index in [0.717, 1.165) is 17.8 Å². The summed E-state index contributed by atoms with van der Waals surface area (Å²) in [5.74, 6) is 0.850. The lowest BCUT2D eigenvalue weighted by Gasteiger charge is -1.96. The van der Waals surface area contributed by atoms with Crippen LogP contribution in [0.3, 0.4) is 0 Å². The third-order valence-corrected chi connectivity index (χ3v) is 1.78. The molecule has 2 nitrogen and oxygen atoms in total. The number of nitrogens with one attached hydrogen (secondary N) is 1. The average molecular weight is 162 g/mol. The summed E-state index contributed by atoms with van der Waals surface area (Å²) in [7, 11) is 0. The van der Waals surface area contributed by atoms with Crippen LogP contribution in [0, 0.1) is 0 Å². The van der Waals surface area contributed by atoms with Gasteiger partial charge in [0.15, 0.2) is 0 Å². The lowest BCUT2D eigenvalue weighted by molar-refractivity contribution is 1.08. The van der Waals surface area contributed by atoms with Gasteiger partial charge in [-0.2, -0.15) is 0 Å². The maximum absolute atomic E-state index is 4.26. The fraction of sp³-hybridized carbons (Fsp3) is 0.300. The van der Waals surface area contributed by atoms with Crippen molar-refractivity contribution in [3.63, 3.8) is 0 Å². The van der Waals surface area contributed by atoms with E-state index >= 15 is 0 Å². The van der Waals surface area contributed by atoms with E-state index in [4.69, 9.17) is 0 Å². The van der Waals surface area contributed by atoms with Crippen molar-refractivity contribution in [1.82, 2.24) is 5.32 Å². The summed E-state index contributed by atoms with van der Waals surface area (Å²) in [6, 6.07) is 0. The Morgan fingerprint density at radius 3 is 3.00 bits per heavy atom. The van der Waals surface area contributed by atoms with Gasteiger partial charge in [-0.1, -0.05) is 19.1 Å². The second-order valence-corrected chi connectivity index (χ2v) is 2.81. The predicted octanol–water partition coefficient (Wildman–Crippen LogP) is 2.37. The molecule has 1 aliphatic rings. The van der Waals surface area contributed by atoms with Crippen molar-refractivity contribution >= 4 is 5.84 Å². The van der Waals surface area contributed by atoms with Crippen molar-refractivity contribution in [1.29, 1.82) is 0 Å². The average Bonchev–Trinajstić information content (AvgIpc) is 2.47. The first-order chi connectivity index (χ1) is 5.74. The minimum atomic E-state index is 0.850. The summed E-state index contributed by atoms with van der Waals surface area (Å²) in [6.45, 7) is 8.01. The van der Waals surface area contributed by atoms with Gasteiger partial charge >= 0.3 is 0 Å². The molecular formula is C10H14N2. The molecule has 0 bridgehead atoms. The maximum atomic E-state index is 4.26. The van der Waals surface area contributed by atoms with Gasteiger partial charge in [-0.15, -0.1) is 0 Å². The largest absolute Gasteiger partial charge is 0.346 e. The molecule has 0 unspecified atom stereocenters. The summed E-state index contributed by atoms with van der Waals surface area (Å²) < 4.78 is 0. The Labute approximate surface area is 73.4 Å². The lowest BCUT2D eigenvalue weighted by Crippen LogP contribution is -2.11. The number of aliphatic imine (C=N–C) groups is 1. The molecule has 0 fully saturated rings. The highest BCUT2D eigenvalue weighted by Crippen LogP contribution is 2.04. The van der Waals surface area contributed by atoms with Crippen LogP contribution in [0.5, 0.6) is 0 Å². The lowest BCUT2D eigenvalue weighted by atomic mass is 10.2. The van der Waals surface area contributed by atoms with Gasteiger partial charge in [-0.3, -0.25) is 0 Å². The van der Waals surface area contributed by atoms with Crippen LogP contribution in [-0.4, -0.2) is 5.84 Å². The van der Waals surface area contributed by atoms with Crippen LogP contribution >= 0.6 is 0 Å². The van der Waals surface area contributed by atoms with Gasteiger partial charge < -0.3 is 5.32 Å². The van der Waals surface area contributed by atoms with Crippen LogP contribution < -0.4 is 5.32 Å². The third-order valence-electron chi connectivity index (χ3n) is 1.78. The first-order valence-electron chi connectivity index (χ1n) is 4.10. The summed E-state index contributed by atoms with van der Waals surface area (Å²) in [4.78, 5) is 4.26. The Balaban J connectivity index is 2.65. The van der Waals surface area contributed by atoms with Crippen molar-refractivity contribution in [3.8, 4) is 0 Å². The smallest absolute Gasteiger partial charge is 0.136 e. The zero-order chi connectivity index (χ0) is 8.97. The maximum Gasteiger partial charge on any atom is 0.136 e. The van der Waals surface area contributed by atoms with Crippen LogP contribution in [0.2, 0.25) is 0 Å². The van der Waals surface area contributed by atoms with E-state index in [1.54, 1.807) is 0 Å². The summed E-state index contributed by atoms with van der Waals surface area (Å²) in [5.41, 5.74) is 2.21. The van der Waals surface area contributed by atoms with Gasteiger partial charge in [0.1, 0.15) is 5.84 Å². The second kappa shape index (κ2) is 3.90. The van der Waals surface area contributed by atoms with E-state index in [0.29, 0.717) is 0 Å². The number of allylic oxidation sites excluding steroid dienone is 1.